The Morgan fingerprint density at radius 3 is 2.63 bits per heavy atom. The Bertz CT molecular complexity index is 828. The van der Waals surface area contributed by atoms with Crippen molar-refractivity contribution in [1.29, 1.82) is 0 Å². The molecule has 0 aliphatic heterocycles. The van der Waals surface area contributed by atoms with Crippen molar-refractivity contribution >= 4 is 41.4 Å². The number of carbonyl (C=O) groups excluding carboxylic acids is 2. The van der Waals surface area contributed by atoms with Gasteiger partial charge in [0.2, 0.25) is 5.91 Å². The summed E-state index contributed by atoms with van der Waals surface area (Å²) in [6.07, 6.45) is 1.48. The predicted molar refractivity (Wildman–Crippen MR) is 106 cm³/mol. The molecule has 0 fully saturated rings. The topological polar surface area (TPSA) is 103 Å². The minimum atomic E-state index is -0.582. The van der Waals surface area contributed by atoms with E-state index in [9.17, 15) is 9.59 Å². The van der Waals surface area contributed by atoms with Gasteiger partial charge in [-0.2, -0.15) is 5.10 Å². The maximum Gasteiger partial charge on any atom is 0.255 e. The molecule has 2 aromatic rings. The number of nitrogens with one attached hydrogen (secondary N) is 1. The molecule has 0 aromatic heterocycles. The van der Waals surface area contributed by atoms with Gasteiger partial charge in [-0.3, -0.25) is 9.59 Å². The van der Waals surface area contributed by atoms with E-state index in [-0.39, 0.29) is 18.3 Å². The molecule has 9 heteroatoms. The Balaban J connectivity index is 1.86. The molecule has 3 N–H and O–H groups in total. The lowest BCUT2D eigenvalue weighted by molar-refractivity contribution is -0.120. The van der Waals surface area contributed by atoms with Crippen LogP contribution < -0.4 is 20.6 Å². The molecule has 0 saturated carbocycles. The normalized spacial score (nSPS) is 10.6. The minimum absolute atomic E-state index is 0.224. The lowest BCUT2D eigenvalue weighted by Gasteiger charge is -2.09. The third kappa shape index (κ3) is 7.20. The number of amides is 2. The van der Waals surface area contributed by atoms with Crippen LogP contribution in [-0.4, -0.2) is 37.5 Å². The maximum atomic E-state index is 11.8. The van der Waals surface area contributed by atoms with E-state index < -0.39 is 5.91 Å². The van der Waals surface area contributed by atoms with Crippen molar-refractivity contribution in [2.75, 3.05) is 19.5 Å². The number of carbonyl (C=O) groups is 2. The lowest BCUT2D eigenvalue weighted by Crippen LogP contribution is -2.20. The number of primary amides is 1. The average Bonchev–Trinajstić information content (AvgIpc) is 2.66. The van der Waals surface area contributed by atoms with Crippen LogP contribution in [0.25, 0.3) is 0 Å². The Labute approximate surface area is 165 Å². The summed E-state index contributed by atoms with van der Waals surface area (Å²) >= 11 is 7.20. The molecule has 0 radical (unpaired) electrons. The second-order valence-electron chi connectivity index (χ2n) is 5.20. The summed E-state index contributed by atoms with van der Waals surface area (Å²) in [4.78, 5) is 23.6. The van der Waals surface area contributed by atoms with Crippen molar-refractivity contribution < 1.29 is 19.1 Å². The van der Waals surface area contributed by atoms with Gasteiger partial charge in [-0.25, -0.2) is 5.43 Å². The number of halogens is 1. The summed E-state index contributed by atoms with van der Waals surface area (Å²) in [5.41, 5.74) is 8.19. The molecule has 0 aliphatic carbocycles. The zero-order valence-electron chi connectivity index (χ0n) is 14.5. The number of hydrazone groups is 1. The molecule has 0 aliphatic rings. The van der Waals surface area contributed by atoms with Crippen LogP contribution in [0.4, 0.5) is 0 Å². The average molecular weight is 408 g/mol. The Morgan fingerprint density at radius 1 is 1.22 bits per heavy atom. The minimum Gasteiger partial charge on any atom is -0.493 e. The zero-order valence-corrected chi connectivity index (χ0v) is 16.0. The fourth-order valence-electron chi connectivity index (χ4n) is 1.92. The molecule has 2 amide bonds. The molecule has 0 unspecified atom stereocenters. The van der Waals surface area contributed by atoms with E-state index in [1.54, 1.807) is 30.3 Å². The highest BCUT2D eigenvalue weighted by Gasteiger charge is 2.07. The van der Waals surface area contributed by atoms with Crippen molar-refractivity contribution in [1.82, 2.24) is 5.43 Å². The highest BCUT2D eigenvalue weighted by atomic mass is 35.5. The van der Waals surface area contributed by atoms with Crippen LogP contribution >= 0.6 is 23.4 Å². The molecule has 2 rings (SSSR count). The second-order valence-corrected chi connectivity index (χ2v) is 6.69. The van der Waals surface area contributed by atoms with Crippen molar-refractivity contribution in [2.45, 2.75) is 4.90 Å². The van der Waals surface area contributed by atoms with Crippen LogP contribution in [0.3, 0.4) is 0 Å². The summed E-state index contributed by atoms with van der Waals surface area (Å²) in [7, 11) is 1.48. The number of rotatable bonds is 9. The van der Waals surface area contributed by atoms with Gasteiger partial charge < -0.3 is 15.2 Å². The molecule has 0 bridgehead atoms. The van der Waals surface area contributed by atoms with Crippen molar-refractivity contribution in [3.05, 3.63) is 53.1 Å². The molecule has 2 aromatic carbocycles. The van der Waals surface area contributed by atoms with Crippen LogP contribution in [0.1, 0.15) is 5.56 Å². The molecule has 0 saturated heterocycles. The molecule has 7 nitrogen and oxygen atoms in total. The highest BCUT2D eigenvalue weighted by Crippen LogP contribution is 2.27. The van der Waals surface area contributed by atoms with Gasteiger partial charge in [0.1, 0.15) is 0 Å². The monoisotopic (exact) mass is 407 g/mol. The zero-order chi connectivity index (χ0) is 19.6. The van der Waals surface area contributed by atoms with Crippen LogP contribution in [0, 0.1) is 0 Å². The Kier molecular flexibility index (Phi) is 7.97. The van der Waals surface area contributed by atoms with Crippen molar-refractivity contribution in [3.8, 4) is 11.5 Å². The SMILES string of the molecule is COc1cc(/C=N\NC(=O)CSc2ccc(Cl)cc2)ccc1OCC(N)=O. The third-order valence-corrected chi connectivity index (χ3v) is 4.41. The number of methoxy groups -OCH3 is 1. The van der Waals surface area contributed by atoms with E-state index in [0.29, 0.717) is 22.1 Å². The molecule has 0 heterocycles. The fourth-order valence-corrected chi connectivity index (χ4v) is 2.74. The first-order chi connectivity index (χ1) is 13.0. The van der Waals surface area contributed by atoms with Gasteiger partial charge in [0, 0.05) is 9.92 Å². The van der Waals surface area contributed by atoms with Crippen molar-refractivity contribution in [2.24, 2.45) is 10.8 Å². The smallest absolute Gasteiger partial charge is 0.255 e. The second kappa shape index (κ2) is 10.4. The Morgan fingerprint density at radius 2 is 1.96 bits per heavy atom. The predicted octanol–water partition coefficient (Wildman–Crippen LogP) is 2.46. The van der Waals surface area contributed by atoms with E-state index in [0.717, 1.165) is 4.90 Å². The van der Waals surface area contributed by atoms with Gasteiger partial charge >= 0.3 is 0 Å². The van der Waals surface area contributed by atoms with Gasteiger partial charge in [-0.05, 0) is 48.0 Å². The van der Waals surface area contributed by atoms with E-state index in [1.807, 2.05) is 12.1 Å². The number of thioether (sulfide) groups is 1. The summed E-state index contributed by atoms with van der Waals surface area (Å²) < 4.78 is 10.4. The van der Waals surface area contributed by atoms with Gasteiger partial charge in [0.15, 0.2) is 18.1 Å². The third-order valence-electron chi connectivity index (χ3n) is 3.14. The van der Waals surface area contributed by atoms with Crippen LogP contribution in [0.5, 0.6) is 11.5 Å². The van der Waals surface area contributed by atoms with Crippen molar-refractivity contribution in [3.63, 3.8) is 0 Å². The standard InChI is InChI=1S/C18H18ClN3O4S/c1-25-16-8-12(2-7-15(16)26-10-17(20)23)9-21-22-18(24)11-27-14-5-3-13(19)4-6-14/h2-9H,10-11H2,1H3,(H2,20,23)(H,22,24)/b21-9-. The number of hydrogen-bond donors (Lipinski definition) is 2. The summed E-state index contributed by atoms with van der Waals surface area (Å²) in [6, 6.07) is 12.2. The van der Waals surface area contributed by atoms with Crippen LogP contribution in [-0.2, 0) is 9.59 Å². The highest BCUT2D eigenvalue weighted by molar-refractivity contribution is 8.00. The first-order valence-electron chi connectivity index (χ1n) is 7.77. The molecule has 142 valence electrons. The molecular formula is C18H18ClN3O4S. The summed E-state index contributed by atoms with van der Waals surface area (Å²) in [6.45, 7) is -0.245. The molecule has 0 atom stereocenters. The summed E-state index contributed by atoms with van der Waals surface area (Å²) in [5, 5.41) is 4.57. The van der Waals surface area contributed by atoms with Gasteiger partial charge in [-0.15, -0.1) is 11.8 Å². The van der Waals surface area contributed by atoms with E-state index >= 15 is 0 Å². The maximum absolute atomic E-state index is 11.8. The Hall–Kier alpha value is -2.71. The van der Waals surface area contributed by atoms with Crippen LogP contribution in [0.15, 0.2) is 52.5 Å². The molecule has 27 heavy (non-hydrogen) atoms. The quantitative estimate of drug-likeness (QED) is 0.377. The number of benzene rings is 2. The summed E-state index contributed by atoms with van der Waals surface area (Å²) in [5.74, 6) is 0.213. The number of ether oxygens (including phenoxy) is 2. The number of hydrogen-bond acceptors (Lipinski definition) is 6. The van der Waals surface area contributed by atoms with E-state index in [2.05, 4.69) is 10.5 Å². The van der Waals surface area contributed by atoms with E-state index in [4.69, 9.17) is 26.8 Å². The lowest BCUT2D eigenvalue weighted by atomic mass is 10.2. The van der Waals surface area contributed by atoms with E-state index in [1.165, 1.54) is 25.1 Å². The molecule has 0 spiro atoms. The first-order valence-corrected chi connectivity index (χ1v) is 9.13. The first kappa shape index (κ1) is 20.6. The van der Waals surface area contributed by atoms with Gasteiger partial charge in [0.25, 0.3) is 5.91 Å². The number of nitrogens with zero attached hydrogens (tertiary/aromatic N) is 1. The largest absolute Gasteiger partial charge is 0.493 e. The fraction of sp³-hybridized carbons (Fsp3) is 0.167. The molecular weight excluding hydrogens is 390 g/mol. The van der Waals surface area contributed by atoms with Gasteiger partial charge in [-0.1, -0.05) is 11.6 Å². The van der Waals surface area contributed by atoms with Gasteiger partial charge in [0.05, 0.1) is 19.1 Å². The van der Waals surface area contributed by atoms with Crippen LogP contribution in [0.2, 0.25) is 5.02 Å². The number of nitrogens with two attached hydrogens (primary N) is 1.